The number of pyridine rings is 1. The third kappa shape index (κ3) is 4.46. The summed E-state index contributed by atoms with van der Waals surface area (Å²) in [7, 11) is 0. The minimum absolute atomic E-state index is 0.0916. The molecule has 0 aliphatic carbocycles. The van der Waals surface area contributed by atoms with Gasteiger partial charge >= 0.3 is 0 Å². The second kappa shape index (κ2) is 6.58. The number of thioether (sulfide) groups is 1. The molecule has 0 atom stereocenters. The molecule has 2 aromatic rings. The zero-order valence-corrected chi connectivity index (χ0v) is 12.6. The van der Waals surface area contributed by atoms with Crippen LogP contribution in [0.25, 0.3) is 0 Å². The van der Waals surface area contributed by atoms with Gasteiger partial charge in [0, 0.05) is 11.4 Å². The molecule has 0 bridgehead atoms. The highest BCUT2D eigenvalue weighted by molar-refractivity contribution is 7.99. The first-order valence-corrected chi connectivity index (χ1v) is 7.35. The average molecular weight is 305 g/mol. The fraction of sp³-hybridized carbons (Fsp3) is 0.200. The summed E-state index contributed by atoms with van der Waals surface area (Å²) in [5, 5.41) is 3.28. The number of nitrogens with zero attached hydrogens (tertiary/aromatic N) is 1. The molecule has 0 fully saturated rings. The van der Waals surface area contributed by atoms with Crippen molar-refractivity contribution in [2.45, 2.75) is 18.9 Å². The minimum atomic E-state index is -0.507. The van der Waals surface area contributed by atoms with Gasteiger partial charge in [0.05, 0.1) is 16.5 Å². The number of halogens is 1. The lowest BCUT2D eigenvalue weighted by molar-refractivity contribution is -0.113. The van der Waals surface area contributed by atoms with Crippen molar-refractivity contribution >= 4 is 29.0 Å². The molecule has 0 aliphatic heterocycles. The van der Waals surface area contributed by atoms with Crippen molar-refractivity contribution in [3.05, 3.63) is 47.4 Å². The molecule has 0 aliphatic rings. The number of anilines is 2. The SMILES string of the molecule is Cc1cc(C)nc(SCC(=O)Nc2cc(N)ccc2F)c1. The van der Waals surface area contributed by atoms with Gasteiger partial charge in [-0.15, -0.1) is 0 Å². The number of nitrogens with one attached hydrogen (secondary N) is 1. The third-order valence-electron chi connectivity index (χ3n) is 2.69. The number of aromatic nitrogens is 1. The Morgan fingerprint density at radius 2 is 2.10 bits per heavy atom. The molecule has 0 saturated carbocycles. The second-order valence-electron chi connectivity index (χ2n) is 4.70. The summed E-state index contributed by atoms with van der Waals surface area (Å²) in [6.07, 6.45) is 0. The Morgan fingerprint density at radius 1 is 1.33 bits per heavy atom. The lowest BCUT2D eigenvalue weighted by Crippen LogP contribution is -2.15. The normalized spacial score (nSPS) is 10.4. The molecule has 6 heteroatoms. The standard InChI is InChI=1S/C15H16FN3OS/c1-9-5-10(2)18-15(6-9)21-8-14(20)19-13-7-11(17)3-4-12(13)16/h3-7H,8,17H2,1-2H3,(H,19,20). The van der Waals surface area contributed by atoms with Gasteiger partial charge in [0.1, 0.15) is 5.82 Å². The molecule has 3 N–H and O–H groups in total. The van der Waals surface area contributed by atoms with Crippen LogP contribution < -0.4 is 11.1 Å². The van der Waals surface area contributed by atoms with Gasteiger partial charge in [-0.1, -0.05) is 11.8 Å². The maximum absolute atomic E-state index is 13.5. The Morgan fingerprint density at radius 3 is 2.81 bits per heavy atom. The van der Waals surface area contributed by atoms with Gasteiger partial charge < -0.3 is 11.1 Å². The van der Waals surface area contributed by atoms with Crippen LogP contribution in [0.4, 0.5) is 15.8 Å². The third-order valence-corrected chi connectivity index (χ3v) is 3.60. The summed E-state index contributed by atoms with van der Waals surface area (Å²) < 4.78 is 13.5. The van der Waals surface area contributed by atoms with Gasteiger partial charge in [0.15, 0.2) is 0 Å². The van der Waals surface area contributed by atoms with Crippen molar-refractivity contribution in [2.24, 2.45) is 0 Å². The van der Waals surface area contributed by atoms with E-state index in [2.05, 4.69) is 10.3 Å². The van der Waals surface area contributed by atoms with Crippen LogP contribution in [0.15, 0.2) is 35.4 Å². The fourth-order valence-corrected chi connectivity index (χ4v) is 2.67. The fourth-order valence-electron chi connectivity index (χ4n) is 1.84. The summed E-state index contributed by atoms with van der Waals surface area (Å²) >= 11 is 1.31. The zero-order chi connectivity index (χ0) is 15.4. The van der Waals surface area contributed by atoms with Gasteiger partial charge in [-0.3, -0.25) is 4.79 Å². The summed E-state index contributed by atoms with van der Waals surface area (Å²) in [6, 6.07) is 7.94. The molecule has 2 rings (SSSR count). The highest BCUT2D eigenvalue weighted by atomic mass is 32.2. The van der Waals surface area contributed by atoms with Crippen LogP contribution in [0.1, 0.15) is 11.3 Å². The molecule has 1 heterocycles. The number of rotatable bonds is 4. The van der Waals surface area contributed by atoms with E-state index in [9.17, 15) is 9.18 Å². The molecule has 0 saturated heterocycles. The number of carbonyl (C=O) groups is 1. The number of aryl methyl sites for hydroxylation is 2. The first-order valence-electron chi connectivity index (χ1n) is 6.37. The molecule has 0 spiro atoms. The van der Waals surface area contributed by atoms with E-state index >= 15 is 0 Å². The van der Waals surface area contributed by atoms with Crippen LogP contribution in [0.2, 0.25) is 0 Å². The number of nitrogen functional groups attached to an aromatic ring is 1. The molecule has 0 unspecified atom stereocenters. The number of carbonyl (C=O) groups excluding carboxylic acids is 1. The quantitative estimate of drug-likeness (QED) is 0.672. The average Bonchev–Trinajstić information content (AvgIpc) is 2.40. The van der Waals surface area contributed by atoms with E-state index < -0.39 is 5.82 Å². The maximum atomic E-state index is 13.5. The minimum Gasteiger partial charge on any atom is -0.399 e. The topological polar surface area (TPSA) is 68.0 Å². The van der Waals surface area contributed by atoms with Crippen LogP contribution >= 0.6 is 11.8 Å². The number of benzene rings is 1. The molecule has 1 aromatic heterocycles. The molecule has 0 radical (unpaired) electrons. The highest BCUT2D eigenvalue weighted by Crippen LogP contribution is 2.20. The lowest BCUT2D eigenvalue weighted by Gasteiger charge is -2.07. The summed E-state index contributed by atoms with van der Waals surface area (Å²) in [6.45, 7) is 3.88. The van der Waals surface area contributed by atoms with E-state index in [0.717, 1.165) is 16.3 Å². The van der Waals surface area contributed by atoms with Crippen molar-refractivity contribution in [2.75, 3.05) is 16.8 Å². The largest absolute Gasteiger partial charge is 0.399 e. The first-order chi connectivity index (χ1) is 9.94. The Bertz CT molecular complexity index is 656. The Hall–Kier alpha value is -2.08. The highest BCUT2D eigenvalue weighted by Gasteiger charge is 2.09. The van der Waals surface area contributed by atoms with E-state index in [1.165, 1.54) is 30.0 Å². The van der Waals surface area contributed by atoms with Gasteiger partial charge in [0.25, 0.3) is 0 Å². The second-order valence-corrected chi connectivity index (χ2v) is 5.70. The lowest BCUT2D eigenvalue weighted by atomic mass is 10.2. The van der Waals surface area contributed by atoms with Crippen molar-refractivity contribution in [3.8, 4) is 0 Å². The zero-order valence-electron chi connectivity index (χ0n) is 11.8. The van der Waals surface area contributed by atoms with Crippen LogP contribution in [0.3, 0.4) is 0 Å². The van der Waals surface area contributed by atoms with E-state index in [-0.39, 0.29) is 17.3 Å². The Labute approximate surface area is 127 Å². The van der Waals surface area contributed by atoms with E-state index in [0.29, 0.717) is 5.69 Å². The number of amides is 1. The van der Waals surface area contributed by atoms with E-state index in [4.69, 9.17) is 5.73 Å². The summed E-state index contributed by atoms with van der Waals surface area (Å²) in [5.74, 6) is -0.651. The maximum Gasteiger partial charge on any atom is 0.234 e. The van der Waals surface area contributed by atoms with Gasteiger partial charge in [-0.2, -0.15) is 0 Å². The van der Waals surface area contributed by atoms with Gasteiger partial charge in [0.2, 0.25) is 5.91 Å². The summed E-state index contributed by atoms with van der Waals surface area (Å²) in [5.41, 5.74) is 8.05. The Kier molecular flexibility index (Phi) is 4.80. The molecule has 21 heavy (non-hydrogen) atoms. The van der Waals surface area contributed by atoms with Crippen molar-refractivity contribution in [1.82, 2.24) is 4.98 Å². The predicted molar refractivity (Wildman–Crippen MR) is 83.9 cm³/mol. The molecule has 1 aromatic carbocycles. The molecule has 1 amide bonds. The van der Waals surface area contributed by atoms with E-state index in [1.807, 2.05) is 26.0 Å². The molecule has 110 valence electrons. The Balaban J connectivity index is 1.97. The van der Waals surface area contributed by atoms with Crippen molar-refractivity contribution in [1.29, 1.82) is 0 Å². The number of nitrogens with two attached hydrogens (primary N) is 1. The summed E-state index contributed by atoms with van der Waals surface area (Å²) in [4.78, 5) is 16.2. The number of hydrogen-bond acceptors (Lipinski definition) is 4. The molecular weight excluding hydrogens is 289 g/mol. The van der Waals surface area contributed by atoms with E-state index in [1.54, 1.807) is 0 Å². The van der Waals surface area contributed by atoms with Crippen LogP contribution in [0.5, 0.6) is 0 Å². The van der Waals surface area contributed by atoms with Crippen LogP contribution in [-0.2, 0) is 4.79 Å². The first kappa shape index (κ1) is 15.3. The predicted octanol–water partition coefficient (Wildman–Crippen LogP) is 3.15. The van der Waals surface area contributed by atoms with Crippen molar-refractivity contribution in [3.63, 3.8) is 0 Å². The van der Waals surface area contributed by atoms with Crippen LogP contribution in [-0.4, -0.2) is 16.6 Å². The monoisotopic (exact) mass is 305 g/mol. The molecular formula is C15H16FN3OS. The van der Waals surface area contributed by atoms with Crippen LogP contribution in [0, 0.1) is 19.7 Å². The molecule has 4 nitrogen and oxygen atoms in total. The smallest absolute Gasteiger partial charge is 0.234 e. The van der Waals surface area contributed by atoms with Crippen molar-refractivity contribution < 1.29 is 9.18 Å². The van der Waals surface area contributed by atoms with Gasteiger partial charge in [-0.05, 0) is 49.7 Å². The van der Waals surface area contributed by atoms with Gasteiger partial charge in [-0.25, -0.2) is 9.37 Å². The number of hydrogen-bond donors (Lipinski definition) is 2.